The molecule has 2 nitrogen and oxygen atoms in total. The number of pyridine rings is 1. The lowest BCUT2D eigenvalue weighted by Crippen LogP contribution is -3.00. The molecule has 3 heteroatoms. The molecule has 0 amide bonds. The number of hydrogen-bond acceptors (Lipinski definition) is 2. The van der Waals surface area contributed by atoms with Gasteiger partial charge in [0.15, 0.2) is 0 Å². The second-order valence-corrected chi connectivity index (χ2v) is 3.17. The SMILES string of the molecule is NC(c1ccccc1)c1ccncc1.[Cl-]. The van der Waals surface area contributed by atoms with Crippen molar-refractivity contribution in [1.82, 2.24) is 4.98 Å². The second-order valence-electron chi connectivity index (χ2n) is 3.17. The van der Waals surface area contributed by atoms with Gasteiger partial charge in [-0.1, -0.05) is 30.3 Å². The van der Waals surface area contributed by atoms with E-state index in [9.17, 15) is 0 Å². The molecule has 1 aromatic heterocycles. The molecule has 2 aromatic rings. The average Bonchev–Trinajstić information content (AvgIpc) is 2.30. The Balaban J connectivity index is 0.00000112. The van der Waals surface area contributed by atoms with Crippen LogP contribution in [0.25, 0.3) is 0 Å². The van der Waals surface area contributed by atoms with Gasteiger partial charge in [-0.15, -0.1) is 0 Å². The number of nitrogens with two attached hydrogens (primary N) is 1. The van der Waals surface area contributed by atoms with Gasteiger partial charge in [-0.3, -0.25) is 4.98 Å². The summed E-state index contributed by atoms with van der Waals surface area (Å²) >= 11 is 0. The first-order chi connectivity index (χ1) is 6.88. The maximum atomic E-state index is 6.09. The van der Waals surface area contributed by atoms with Crippen molar-refractivity contribution in [2.75, 3.05) is 0 Å². The van der Waals surface area contributed by atoms with E-state index in [1.807, 2.05) is 42.5 Å². The van der Waals surface area contributed by atoms with Gasteiger partial charge in [0, 0.05) is 12.4 Å². The van der Waals surface area contributed by atoms with E-state index in [0.29, 0.717) is 0 Å². The molecule has 1 atom stereocenters. The van der Waals surface area contributed by atoms with E-state index < -0.39 is 0 Å². The lowest BCUT2D eigenvalue weighted by atomic mass is 10.0. The van der Waals surface area contributed by atoms with Crippen LogP contribution in [0.2, 0.25) is 0 Å². The molecular weight excluding hydrogens is 208 g/mol. The zero-order valence-corrected chi connectivity index (χ0v) is 8.93. The monoisotopic (exact) mass is 219 g/mol. The summed E-state index contributed by atoms with van der Waals surface area (Å²) in [4.78, 5) is 3.97. The molecule has 1 heterocycles. The van der Waals surface area contributed by atoms with Crippen LogP contribution in [-0.4, -0.2) is 4.98 Å². The molecule has 1 aromatic carbocycles. The number of nitrogens with zero attached hydrogens (tertiary/aromatic N) is 1. The maximum absolute atomic E-state index is 6.09. The molecule has 15 heavy (non-hydrogen) atoms. The Morgan fingerprint density at radius 1 is 0.867 bits per heavy atom. The molecule has 2 N–H and O–H groups in total. The van der Waals surface area contributed by atoms with Gasteiger partial charge in [0.1, 0.15) is 0 Å². The minimum Gasteiger partial charge on any atom is -1.00 e. The standard InChI is InChI=1S/C12H12N2.ClH/c13-12(10-4-2-1-3-5-10)11-6-8-14-9-7-11;/h1-9,12H,13H2;1H/p-1. The van der Waals surface area contributed by atoms with Gasteiger partial charge in [-0.2, -0.15) is 0 Å². The molecule has 0 fully saturated rings. The Bertz CT molecular complexity index is 349. The van der Waals surface area contributed by atoms with Crippen LogP contribution in [0, 0.1) is 0 Å². The highest BCUT2D eigenvalue weighted by Gasteiger charge is 2.06. The number of benzene rings is 1. The lowest BCUT2D eigenvalue weighted by molar-refractivity contribution is -0.00000293. The van der Waals surface area contributed by atoms with Crippen LogP contribution >= 0.6 is 0 Å². The van der Waals surface area contributed by atoms with Gasteiger partial charge in [0.05, 0.1) is 6.04 Å². The fourth-order valence-electron chi connectivity index (χ4n) is 1.42. The van der Waals surface area contributed by atoms with Gasteiger partial charge in [0.25, 0.3) is 0 Å². The number of rotatable bonds is 2. The largest absolute Gasteiger partial charge is 1.00 e. The van der Waals surface area contributed by atoms with E-state index >= 15 is 0 Å². The van der Waals surface area contributed by atoms with Gasteiger partial charge in [-0.25, -0.2) is 0 Å². The summed E-state index contributed by atoms with van der Waals surface area (Å²) in [6, 6.07) is 13.9. The van der Waals surface area contributed by atoms with Crippen molar-refractivity contribution in [2.45, 2.75) is 6.04 Å². The summed E-state index contributed by atoms with van der Waals surface area (Å²) in [6.07, 6.45) is 3.52. The average molecular weight is 220 g/mol. The predicted molar refractivity (Wildman–Crippen MR) is 56.7 cm³/mol. The van der Waals surface area contributed by atoms with E-state index in [-0.39, 0.29) is 18.4 Å². The molecule has 2 rings (SSSR count). The second kappa shape index (κ2) is 5.49. The molecule has 78 valence electrons. The minimum absolute atomic E-state index is 0. The summed E-state index contributed by atoms with van der Waals surface area (Å²) in [5.41, 5.74) is 8.30. The van der Waals surface area contributed by atoms with Crippen LogP contribution in [-0.2, 0) is 0 Å². The summed E-state index contributed by atoms with van der Waals surface area (Å²) in [6.45, 7) is 0. The smallest absolute Gasteiger partial charge is 0.0552 e. The summed E-state index contributed by atoms with van der Waals surface area (Å²) in [5, 5.41) is 0. The number of hydrogen-bond donors (Lipinski definition) is 1. The Morgan fingerprint density at radius 2 is 1.40 bits per heavy atom. The Hall–Kier alpha value is -1.38. The molecule has 0 saturated carbocycles. The minimum atomic E-state index is -0.0563. The normalized spacial score (nSPS) is 11.5. The third-order valence-electron chi connectivity index (χ3n) is 2.22. The Morgan fingerprint density at radius 3 is 2.00 bits per heavy atom. The molecule has 0 bridgehead atoms. The third kappa shape index (κ3) is 2.78. The van der Waals surface area contributed by atoms with Crippen LogP contribution in [0.5, 0.6) is 0 Å². The van der Waals surface area contributed by atoms with Crippen molar-refractivity contribution in [2.24, 2.45) is 5.73 Å². The fourth-order valence-corrected chi connectivity index (χ4v) is 1.42. The molecule has 0 aliphatic carbocycles. The zero-order valence-electron chi connectivity index (χ0n) is 8.18. The highest BCUT2D eigenvalue weighted by Crippen LogP contribution is 2.17. The van der Waals surface area contributed by atoms with Crippen molar-refractivity contribution < 1.29 is 12.4 Å². The van der Waals surface area contributed by atoms with E-state index in [2.05, 4.69) is 4.98 Å². The van der Waals surface area contributed by atoms with Gasteiger partial charge >= 0.3 is 0 Å². The van der Waals surface area contributed by atoms with Gasteiger partial charge in [-0.05, 0) is 23.3 Å². The van der Waals surface area contributed by atoms with Crippen LogP contribution in [0.1, 0.15) is 17.2 Å². The van der Waals surface area contributed by atoms with Crippen LogP contribution in [0.15, 0.2) is 54.9 Å². The van der Waals surface area contributed by atoms with Crippen LogP contribution in [0.4, 0.5) is 0 Å². The molecule has 1 unspecified atom stereocenters. The zero-order chi connectivity index (χ0) is 9.80. The molecule has 0 spiro atoms. The highest BCUT2D eigenvalue weighted by molar-refractivity contribution is 5.29. The first-order valence-electron chi connectivity index (χ1n) is 4.58. The van der Waals surface area contributed by atoms with Crippen molar-refractivity contribution in [3.8, 4) is 0 Å². The first kappa shape index (κ1) is 11.7. The third-order valence-corrected chi connectivity index (χ3v) is 2.22. The molecule has 0 aliphatic heterocycles. The summed E-state index contributed by atoms with van der Waals surface area (Å²) in [7, 11) is 0. The maximum Gasteiger partial charge on any atom is 0.0552 e. The van der Waals surface area contributed by atoms with Crippen LogP contribution in [0.3, 0.4) is 0 Å². The molecule has 0 aliphatic rings. The van der Waals surface area contributed by atoms with Crippen molar-refractivity contribution in [3.05, 3.63) is 66.0 Å². The molecule has 0 radical (unpaired) electrons. The van der Waals surface area contributed by atoms with E-state index in [4.69, 9.17) is 5.73 Å². The van der Waals surface area contributed by atoms with E-state index in [1.165, 1.54) is 0 Å². The first-order valence-corrected chi connectivity index (χ1v) is 4.58. The Labute approximate surface area is 95.6 Å². The summed E-state index contributed by atoms with van der Waals surface area (Å²) in [5.74, 6) is 0. The van der Waals surface area contributed by atoms with Gasteiger partial charge < -0.3 is 18.1 Å². The van der Waals surface area contributed by atoms with E-state index in [1.54, 1.807) is 12.4 Å². The van der Waals surface area contributed by atoms with E-state index in [0.717, 1.165) is 11.1 Å². The highest BCUT2D eigenvalue weighted by atomic mass is 35.5. The van der Waals surface area contributed by atoms with Crippen molar-refractivity contribution >= 4 is 0 Å². The molecular formula is C12H12ClN2-. The molecule has 0 saturated heterocycles. The predicted octanol–water partition coefficient (Wildman–Crippen LogP) is -0.866. The Kier molecular flexibility index (Phi) is 4.28. The van der Waals surface area contributed by atoms with Crippen molar-refractivity contribution in [3.63, 3.8) is 0 Å². The van der Waals surface area contributed by atoms with Crippen LogP contribution < -0.4 is 18.1 Å². The van der Waals surface area contributed by atoms with Crippen molar-refractivity contribution in [1.29, 1.82) is 0 Å². The quantitative estimate of drug-likeness (QED) is 0.714. The number of halogens is 1. The fraction of sp³-hybridized carbons (Fsp3) is 0.0833. The summed E-state index contributed by atoms with van der Waals surface area (Å²) < 4.78 is 0. The topological polar surface area (TPSA) is 38.9 Å². The number of aromatic nitrogens is 1. The lowest BCUT2D eigenvalue weighted by Gasteiger charge is -2.11. The van der Waals surface area contributed by atoms with Gasteiger partial charge in [0.2, 0.25) is 0 Å².